The molecule has 5 nitrogen and oxygen atoms in total. The van der Waals surface area contributed by atoms with E-state index in [2.05, 4.69) is 5.10 Å². The molecule has 2 aromatic carbocycles. The van der Waals surface area contributed by atoms with Crippen LogP contribution in [-0.4, -0.2) is 15.7 Å². The van der Waals surface area contributed by atoms with Crippen LogP contribution in [-0.2, 0) is 11.3 Å². The van der Waals surface area contributed by atoms with Crippen LogP contribution in [0.25, 0.3) is 33.2 Å². The van der Waals surface area contributed by atoms with Crippen molar-refractivity contribution in [2.24, 2.45) is 0 Å². The number of fused-ring (bicyclic) bond motifs is 3. The van der Waals surface area contributed by atoms with E-state index in [0.717, 1.165) is 26.8 Å². The van der Waals surface area contributed by atoms with E-state index in [9.17, 15) is 14.7 Å². The topological polar surface area (TPSA) is 75.0 Å². The summed E-state index contributed by atoms with van der Waals surface area (Å²) < 4.78 is 0.957. The number of carbonyl (C=O) groups is 1. The number of carbonyl (C=O) groups excluding carboxylic acids is 1. The average Bonchev–Trinajstić information content (AvgIpc) is 2.80. The number of hydrogen-bond donors (Lipinski definition) is 0. The molecule has 1 aliphatic rings. The van der Waals surface area contributed by atoms with E-state index in [0.29, 0.717) is 11.1 Å². The van der Waals surface area contributed by atoms with Crippen LogP contribution >= 0.6 is 0 Å². The van der Waals surface area contributed by atoms with E-state index in [1.807, 2.05) is 30.3 Å². The number of carboxylic acids is 1. The standard InChI is InChI=1S/C16H10N2O3/c19-13(20)8-18-16(21)12-7-3-6-10-9-4-1-2-5-11(9)15(17-18)14(10)12/h1-7H,8H2,(H,19,20)/p-1. The molecule has 0 radical (unpaired) electrons. The highest BCUT2D eigenvalue weighted by molar-refractivity contribution is 6.13. The van der Waals surface area contributed by atoms with E-state index in [-0.39, 0.29) is 0 Å². The van der Waals surface area contributed by atoms with Crippen LogP contribution in [0, 0.1) is 0 Å². The minimum absolute atomic E-state index is 0.410. The van der Waals surface area contributed by atoms with E-state index < -0.39 is 18.1 Å². The molecule has 0 N–H and O–H groups in total. The lowest BCUT2D eigenvalue weighted by Crippen LogP contribution is -2.34. The normalized spacial score (nSPS) is 11.6. The Morgan fingerprint density at radius 1 is 1.05 bits per heavy atom. The lowest BCUT2D eigenvalue weighted by Gasteiger charge is -2.09. The molecule has 102 valence electrons. The molecule has 0 atom stereocenters. The van der Waals surface area contributed by atoms with Crippen LogP contribution in [0.15, 0.2) is 47.3 Å². The van der Waals surface area contributed by atoms with Crippen molar-refractivity contribution in [2.45, 2.75) is 6.54 Å². The van der Waals surface area contributed by atoms with Crippen molar-refractivity contribution in [1.29, 1.82) is 0 Å². The predicted molar refractivity (Wildman–Crippen MR) is 75.4 cm³/mol. The summed E-state index contributed by atoms with van der Waals surface area (Å²) in [5.74, 6) is -1.33. The van der Waals surface area contributed by atoms with Gasteiger partial charge in [0.15, 0.2) is 0 Å². The van der Waals surface area contributed by atoms with Crippen LogP contribution in [0.5, 0.6) is 0 Å². The molecule has 1 aromatic heterocycles. The number of aromatic nitrogens is 2. The maximum atomic E-state index is 12.4. The first-order chi connectivity index (χ1) is 10.2. The monoisotopic (exact) mass is 277 g/mol. The average molecular weight is 277 g/mol. The Morgan fingerprint density at radius 2 is 1.76 bits per heavy atom. The maximum Gasteiger partial charge on any atom is 0.275 e. The van der Waals surface area contributed by atoms with Crippen LogP contribution in [0.4, 0.5) is 0 Å². The van der Waals surface area contributed by atoms with Crippen molar-refractivity contribution >= 4 is 16.7 Å². The fraction of sp³-hybridized carbons (Fsp3) is 0.0625. The van der Waals surface area contributed by atoms with Gasteiger partial charge in [-0.25, -0.2) is 4.68 Å². The molecule has 0 amide bonds. The maximum absolute atomic E-state index is 12.4. The second-order valence-electron chi connectivity index (χ2n) is 4.96. The zero-order chi connectivity index (χ0) is 14.6. The Labute approximate surface area is 119 Å². The second-order valence-corrected chi connectivity index (χ2v) is 4.96. The number of rotatable bonds is 2. The first kappa shape index (κ1) is 11.8. The van der Waals surface area contributed by atoms with Gasteiger partial charge in [0.2, 0.25) is 0 Å². The van der Waals surface area contributed by atoms with Crippen molar-refractivity contribution in [2.75, 3.05) is 0 Å². The van der Waals surface area contributed by atoms with Crippen molar-refractivity contribution in [3.8, 4) is 22.4 Å². The summed E-state index contributed by atoms with van der Waals surface area (Å²) in [7, 11) is 0. The van der Waals surface area contributed by atoms with E-state index in [1.165, 1.54) is 0 Å². The summed E-state index contributed by atoms with van der Waals surface area (Å²) in [4.78, 5) is 23.2. The largest absolute Gasteiger partial charge is 0.548 e. The summed E-state index contributed by atoms with van der Waals surface area (Å²) in [6.07, 6.45) is 0. The van der Waals surface area contributed by atoms with Crippen molar-refractivity contribution in [3.05, 3.63) is 52.8 Å². The van der Waals surface area contributed by atoms with Gasteiger partial charge in [0.1, 0.15) is 5.69 Å². The van der Waals surface area contributed by atoms with Crippen LogP contribution < -0.4 is 10.7 Å². The first-order valence-corrected chi connectivity index (χ1v) is 6.50. The van der Waals surface area contributed by atoms with Gasteiger partial charge < -0.3 is 9.90 Å². The van der Waals surface area contributed by atoms with Gasteiger partial charge in [-0.1, -0.05) is 36.4 Å². The van der Waals surface area contributed by atoms with Gasteiger partial charge in [-0.3, -0.25) is 4.79 Å². The summed E-state index contributed by atoms with van der Waals surface area (Å²) in [6, 6.07) is 13.2. The van der Waals surface area contributed by atoms with Gasteiger partial charge in [0.05, 0.1) is 17.9 Å². The van der Waals surface area contributed by atoms with Gasteiger partial charge in [-0.15, -0.1) is 0 Å². The Kier molecular flexibility index (Phi) is 2.27. The third kappa shape index (κ3) is 1.54. The van der Waals surface area contributed by atoms with Crippen LogP contribution in [0.3, 0.4) is 0 Å². The summed E-state index contributed by atoms with van der Waals surface area (Å²) in [5, 5.41) is 16.3. The smallest absolute Gasteiger partial charge is 0.275 e. The molecular weight excluding hydrogens is 268 g/mol. The Hall–Kier alpha value is -2.95. The van der Waals surface area contributed by atoms with Gasteiger partial charge in [-0.2, -0.15) is 5.10 Å². The zero-order valence-electron chi connectivity index (χ0n) is 10.9. The molecule has 0 saturated carbocycles. The number of hydrogen-bond acceptors (Lipinski definition) is 4. The molecule has 5 heteroatoms. The molecule has 0 bridgehead atoms. The molecule has 21 heavy (non-hydrogen) atoms. The molecule has 0 saturated heterocycles. The Bertz CT molecular complexity index is 973. The highest BCUT2D eigenvalue weighted by Gasteiger charge is 2.24. The molecule has 0 fully saturated rings. The number of nitrogens with zero attached hydrogens (tertiary/aromatic N) is 2. The van der Waals surface area contributed by atoms with E-state index in [4.69, 9.17) is 0 Å². The third-order valence-corrected chi connectivity index (χ3v) is 3.74. The van der Waals surface area contributed by atoms with Gasteiger partial charge in [0, 0.05) is 10.9 Å². The molecule has 0 aliphatic heterocycles. The molecule has 1 heterocycles. The van der Waals surface area contributed by atoms with Gasteiger partial charge in [-0.05, 0) is 17.2 Å². The predicted octanol–water partition coefficient (Wildman–Crippen LogP) is 0.794. The van der Waals surface area contributed by atoms with Gasteiger partial charge in [0.25, 0.3) is 5.56 Å². The quantitative estimate of drug-likeness (QED) is 0.543. The van der Waals surface area contributed by atoms with Gasteiger partial charge >= 0.3 is 0 Å². The SMILES string of the molecule is O=C([O-])Cn1nc2c3c(cccc3c1=O)-c1ccccc1-2. The highest BCUT2D eigenvalue weighted by atomic mass is 16.4. The minimum Gasteiger partial charge on any atom is -0.548 e. The summed E-state index contributed by atoms with van der Waals surface area (Å²) >= 11 is 0. The van der Waals surface area contributed by atoms with E-state index in [1.54, 1.807) is 12.1 Å². The fourth-order valence-electron chi connectivity index (χ4n) is 2.91. The molecule has 4 rings (SSSR count). The lowest BCUT2D eigenvalue weighted by molar-refractivity contribution is -0.306. The minimum atomic E-state index is -1.33. The first-order valence-electron chi connectivity index (χ1n) is 6.50. The van der Waals surface area contributed by atoms with Crippen LogP contribution in [0.1, 0.15) is 0 Å². The molecule has 0 spiro atoms. The second kappa shape index (κ2) is 4.02. The Balaban J connectivity index is 2.16. The highest BCUT2D eigenvalue weighted by Crippen LogP contribution is 2.44. The molecule has 1 aliphatic carbocycles. The zero-order valence-corrected chi connectivity index (χ0v) is 10.9. The number of carboxylic acid groups (broad SMARTS) is 1. The van der Waals surface area contributed by atoms with Crippen molar-refractivity contribution in [1.82, 2.24) is 9.78 Å². The summed E-state index contributed by atoms with van der Waals surface area (Å²) in [6.45, 7) is -0.547. The van der Waals surface area contributed by atoms with Crippen molar-refractivity contribution in [3.63, 3.8) is 0 Å². The van der Waals surface area contributed by atoms with Crippen LogP contribution in [0.2, 0.25) is 0 Å². The third-order valence-electron chi connectivity index (χ3n) is 3.74. The van der Waals surface area contributed by atoms with Crippen molar-refractivity contribution < 1.29 is 9.90 Å². The molecular formula is C16H9N2O3-. The number of aliphatic carboxylic acids is 1. The molecule has 3 aromatic rings. The molecule has 0 unspecified atom stereocenters. The summed E-state index contributed by atoms with van der Waals surface area (Å²) in [5.41, 5.74) is 3.12. The number of benzene rings is 2. The fourth-order valence-corrected chi connectivity index (χ4v) is 2.91. The Morgan fingerprint density at radius 3 is 2.52 bits per heavy atom. The lowest BCUT2D eigenvalue weighted by atomic mass is 10.0. The van der Waals surface area contributed by atoms with E-state index >= 15 is 0 Å².